The maximum absolute atomic E-state index is 3.86. The summed E-state index contributed by atoms with van der Waals surface area (Å²) in [5.74, 6) is 0. The average molecular weight is 274 g/mol. The largest absolute Gasteiger partial charge is 0.306 e. The molecule has 1 heterocycles. The lowest BCUT2D eigenvalue weighted by molar-refractivity contribution is 0.620. The number of nitrogens with one attached hydrogen (secondary N) is 1. The van der Waals surface area contributed by atoms with Crippen LogP contribution in [0.4, 0.5) is 0 Å². The molecule has 14 heavy (non-hydrogen) atoms. The number of rotatable bonds is 5. The third-order valence-electron chi connectivity index (χ3n) is 2.03. The minimum atomic E-state index is 0.296. The molecule has 3 heteroatoms. The van der Waals surface area contributed by atoms with E-state index >= 15 is 0 Å². The van der Waals surface area contributed by atoms with Crippen LogP contribution in [0.2, 0.25) is 0 Å². The Hall–Kier alpha value is -0.120. The summed E-state index contributed by atoms with van der Waals surface area (Å²) in [4.78, 5) is 1.33. The van der Waals surface area contributed by atoms with E-state index in [0.717, 1.165) is 13.0 Å². The molecule has 1 aromatic rings. The van der Waals surface area contributed by atoms with Gasteiger partial charge in [0.2, 0.25) is 0 Å². The van der Waals surface area contributed by atoms with Gasteiger partial charge in [-0.2, -0.15) is 0 Å². The van der Waals surface area contributed by atoms with Crippen molar-refractivity contribution in [3.63, 3.8) is 0 Å². The zero-order chi connectivity index (χ0) is 10.6. The van der Waals surface area contributed by atoms with Crippen LogP contribution < -0.4 is 5.32 Å². The fraction of sp³-hybridized carbons (Fsp3) is 0.455. The van der Waals surface area contributed by atoms with Crippen LogP contribution in [0.15, 0.2) is 22.5 Å². The van der Waals surface area contributed by atoms with E-state index in [-0.39, 0.29) is 0 Å². The van der Waals surface area contributed by atoms with Crippen molar-refractivity contribution in [2.24, 2.45) is 0 Å². The maximum atomic E-state index is 3.86. The van der Waals surface area contributed by atoms with Crippen molar-refractivity contribution < 1.29 is 0 Å². The van der Waals surface area contributed by atoms with Crippen LogP contribution in [0.25, 0.3) is 0 Å². The van der Waals surface area contributed by atoms with Crippen LogP contribution in [-0.4, -0.2) is 6.54 Å². The van der Waals surface area contributed by atoms with Crippen molar-refractivity contribution in [3.05, 3.63) is 32.9 Å². The van der Waals surface area contributed by atoms with Crippen LogP contribution in [0, 0.1) is 6.92 Å². The van der Waals surface area contributed by atoms with Gasteiger partial charge in [0.1, 0.15) is 0 Å². The van der Waals surface area contributed by atoms with Crippen LogP contribution in [0.3, 0.4) is 0 Å². The molecule has 0 aliphatic heterocycles. The van der Waals surface area contributed by atoms with Crippen LogP contribution in [0.1, 0.15) is 29.8 Å². The molecule has 0 aliphatic rings. The Kier molecular flexibility index (Phi) is 4.85. The summed E-state index contributed by atoms with van der Waals surface area (Å²) in [6.45, 7) is 9.18. The van der Waals surface area contributed by atoms with Gasteiger partial charge in [0.25, 0.3) is 0 Å². The molecule has 1 aromatic heterocycles. The van der Waals surface area contributed by atoms with Crippen molar-refractivity contribution in [2.45, 2.75) is 26.3 Å². The molecule has 0 aliphatic carbocycles. The first-order chi connectivity index (χ1) is 6.69. The number of hydrogen-bond acceptors (Lipinski definition) is 2. The minimum absolute atomic E-state index is 0.296. The first-order valence-electron chi connectivity index (χ1n) is 4.80. The lowest BCUT2D eigenvalue weighted by Gasteiger charge is -2.11. The van der Waals surface area contributed by atoms with Gasteiger partial charge in [0, 0.05) is 4.88 Å². The number of aryl methyl sites for hydroxylation is 1. The third-order valence-corrected chi connectivity index (χ3v) is 4.25. The molecule has 0 saturated carbocycles. The van der Waals surface area contributed by atoms with E-state index in [4.69, 9.17) is 0 Å². The molecule has 0 amide bonds. The molecule has 0 saturated heterocycles. The van der Waals surface area contributed by atoms with Gasteiger partial charge in [-0.3, -0.25) is 0 Å². The van der Waals surface area contributed by atoms with Crippen LogP contribution in [-0.2, 0) is 0 Å². The summed E-state index contributed by atoms with van der Waals surface area (Å²) in [5, 5.41) is 3.45. The quantitative estimate of drug-likeness (QED) is 0.799. The van der Waals surface area contributed by atoms with Crippen molar-refractivity contribution in [1.29, 1.82) is 0 Å². The highest BCUT2D eigenvalue weighted by Crippen LogP contribution is 2.31. The lowest BCUT2D eigenvalue weighted by atomic mass is 10.2. The monoisotopic (exact) mass is 273 g/mol. The topological polar surface area (TPSA) is 12.0 Å². The van der Waals surface area contributed by atoms with Gasteiger partial charge in [-0.15, -0.1) is 17.9 Å². The molecule has 1 atom stereocenters. The standard InChI is InChI=1S/C11H16BrNS/c1-4-6-13-9(5-2)10-7-8(3)11(12)14-10/h5,7,9,13H,2,4,6H2,1,3H3. The summed E-state index contributed by atoms with van der Waals surface area (Å²) in [7, 11) is 0. The zero-order valence-electron chi connectivity index (χ0n) is 8.64. The van der Waals surface area contributed by atoms with Gasteiger partial charge < -0.3 is 5.32 Å². The first-order valence-corrected chi connectivity index (χ1v) is 6.41. The average Bonchev–Trinajstić information content (AvgIpc) is 2.48. The van der Waals surface area contributed by atoms with E-state index in [9.17, 15) is 0 Å². The highest BCUT2D eigenvalue weighted by Gasteiger charge is 2.10. The molecule has 0 bridgehead atoms. The van der Waals surface area contributed by atoms with E-state index in [2.05, 4.69) is 47.7 Å². The van der Waals surface area contributed by atoms with Crippen molar-refractivity contribution in [2.75, 3.05) is 6.54 Å². The van der Waals surface area contributed by atoms with Crippen LogP contribution >= 0.6 is 27.3 Å². The highest BCUT2D eigenvalue weighted by molar-refractivity contribution is 9.11. The van der Waals surface area contributed by atoms with Gasteiger partial charge in [-0.05, 0) is 47.4 Å². The third kappa shape index (κ3) is 2.94. The summed E-state index contributed by atoms with van der Waals surface area (Å²) in [6.07, 6.45) is 3.11. The zero-order valence-corrected chi connectivity index (χ0v) is 11.0. The normalized spacial score (nSPS) is 12.8. The SMILES string of the molecule is C=CC(NCCC)c1cc(C)c(Br)s1. The molecule has 1 nitrogen and oxygen atoms in total. The summed E-state index contributed by atoms with van der Waals surface area (Å²) in [5.41, 5.74) is 1.30. The van der Waals surface area contributed by atoms with E-state index in [1.165, 1.54) is 14.2 Å². The van der Waals surface area contributed by atoms with Crippen molar-refractivity contribution >= 4 is 27.3 Å². The van der Waals surface area contributed by atoms with Crippen molar-refractivity contribution in [1.82, 2.24) is 5.32 Å². The Morgan fingerprint density at radius 1 is 1.71 bits per heavy atom. The van der Waals surface area contributed by atoms with Gasteiger partial charge >= 0.3 is 0 Å². The van der Waals surface area contributed by atoms with Gasteiger partial charge in [-0.25, -0.2) is 0 Å². The smallest absolute Gasteiger partial charge is 0.0731 e. The Morgan fingerprint density at radius 3 is 2.86 bits per heavy atom. The number of thiophene rings is 1. The second-order valence-corrected chi connectivity index (χ2v) is 5.67. The van der Waals surface area contributed by atoms with Gasteiger partial charge in [-0.1, -0.05) is 13.0 Å². The predicted octanol–water partition coefficient (Wildman–Crippen LogP) is 4.05. The molecule has 1 unspecified atom stereocenters. The van der Waals surface area contributed by atoms with E-state index in [1.54, 1.807) is 11.3 Å². The van der Waals surface area contributed by atoms with E-state index < -0.39 is 0 Å². The summed E-state index contributed by atoms with van der Waals surface area (Å²) < 4.78 is 1.22. The van der Waals surface area contributed by atoms with Crippen LogP contribution in [0.5, 0.6) is 0 Å². The molecule has 1 N–H and O–H groups in total. The molecule has 0 spiro atoms. The van der Waals surface area contributed by atoms with E-state index in [0.29, 0.717) is 6.04 Å². The van der Waals surface area contributed by atoms with Crippen molar-refractivity contribution in [3.8, 4) is 0 Å². The Bertz CT molecular complexity index is 287. The Labute approximate surface area is 98.4 Å². The molecule has 0 aromatic carbocycles. The molecule has 0 fully saturated rings. The molecule has 78 valence electrons. The molecule has 0 radical (unpaired) electrons. The second-order valence-electron chi connectivity index (χ2n) is 3.27. The van der Waals surface area contributed by atoms with E-state index in [1.807, 2.05) is 6.08 Å². The fourth-order valence-electron chi connectivity index (χ4n) is 1.24. The first kappa shape index (κ1) is 12.0. The highest BCUT2D eigenvalue weighted by atomic mass is 79.9. The molecular weight excluding hydrogens is 258 g/mol. The Morgan fingerprint density at radius 2 is 2.43 bits per heavy atom. The van der Waals surface area contributed by atoms with Gasteiger partial charge in [0.15, 0.2) is 0 Å². The second kappa shape index (κ2) is 5.69. The maximum Gasteiger partial charge on any atom is 0.0731 e. The predicted molar refractivity (Wildman–Crippen MR) is 68.0 cm³/mol. The minimum Gasteiger partial charge on any atom is -0.306 e. The number of hydrogen-bond donors (Lipinski definition) is 1. The summed E-state index contributed by atoms with van der Waals surface area (Å²) in [6, 6.07) is 2.51. The van der Waals surface area contributed by atoms with Gasteiger partial charge in [0.05, 0.1) is 9.83 Å². The lowest BCUT2D eigenvalue weighted by Crippen LogP contribution is -2.19. The summed E-state index contributed by atoms with van der Waals surface area (Å²) >= 11 is 5.32. The number of halogens is 1. The fourth-order valence-corrected chi connectivity index (χ4v) is 2.88. The Balaban J connectivity index is 2.73. The molecule has 1 rings (SSSR count). The molecular formula is C11H16BrNS.